The van der Waals surface area contributed by atoms with Crippen LogP contribution in [-0.2, 0) is 4.18 Å². The van der Waals surface area contributed by atoms with Gasteiger partial charge in [-0.05, 0) is 29.8 Å². The van der Waals surface area contributed by atoms with Gasteiger partial charge in [-0.2, -0.15) is 0 Å². The van der Waals surface area contributed by atoms with Gasteiger partial charge in [-0.25, -0.2) is 0 Å². The molecule has 0 saturated heterocycles. The molecule has 0 bridgehead atoms. The van der Waals surface area contributed by atoms with Crippen LogP contribution in [0.2, 0.25) is 0 Å². The molecule has 0 radical (unpaired) electrons. The Hall–Kier alpha value is 0.310. The average Bonchev–Trinajstić information content (AvgIpc) is 2.04. The van der Waals surface area contributed by atoms with Crippen molar-refractivity contribution >= 4 is 12.0 Å². The molecule has 0 aliphatic heterocycles. The molecule has 72 valence electrons. The molecule has 1 fully saturated rings. The SMILES string of the molecule is CSOCC1[C@H](C)CCC[C@@H]1C. The quantitative estimate of drug-likeness (QED) is 0.628. The first-order chi connectivity index (χ1) is 5.75. The predicted molar refractivity (Wildman–Crippen MR) is 55.1 cm³/mol. The summed E-state index contributed by atoms with van der Waals surface area (Å²) < 4.78 is 5.43. The van der Waals surface area contributed by atoms with Gasteiger partial charge in [0, 0.05) is 6.26 Å². The van der Waals surface area contributed by atoms with E-state index in [4.69, 9.17) is 4.18 Å². The molecule has 0 aromatic rings. The predicted octanol–water partition coefficient (Wildman–Crippen LogP) is 3.35. The van der Waals surface area contributed by atoms with Crippen molar-refractivity contribution in [2.75, 3.05) is 12.9 Å². The highest BCUT2D eigenvalue weighted by atomic mass is 32.2. The molecule has 1 unspecified atom stereocenters. The Balaban J connectivity index is 2.34. The van der Waals surface area contributed by atoms with Crippen molar-refractivity contribution in [1.29, 1.82) is 0 Å². The van der Waals surface area contributed by atoms with Crippen LogP contribution < -0.4 is 0 Å². The van der Waals surface area contributed by atoms with Crippen LogP contribution in [0.5, 0.6) is 0 Å². The van der Waals surface area contributed by atoms with E-state index in [0.717, 1.165) is 24.4 Å². The third-order valence-corrected chi connectivity index (χ3v) is 3.53. The van der Waals surface area contributed by atoms with Crippen molar-refractivity contribution in [2.45, 2.75) is 33.1 Å². The molecule has 1 nitrogen and oxygen atoms in total. The lowest BCUT2D eigenvalue weighted by Gasteiger charge is -2.33. The largest absolute Gasteiger partial charge is 0.315 e. The molecular weight excluding hydrogens is 168 g/mol. The molecule has 1 aliphatic carbocycles. The Bertz CT molecular complexity index is 117. The van der Waals surface area contributed by atoms with E-state index in [1.807, 2.05) is 6.26 Å². The summed E-state index contributed by atoms with van der Waals surface area (Å²) in [5, 5.41) is 0. The van der Waals surface area contributed by atoms with Crippen LogP contribution in [0.25, 0.3) is 0 Å². The van der Waals surface area contributed by atoms with Crippen LogP contribution >= 0.6 is 12.0 Å². The lowest BCUT2D eigenvalue weighted by Crippen LogP contribution is -2.28. The fourth-order valence-corrected chi connectivity index (χ4v) is 2.52. The zero-order chi connectivity index (χ0) is 8.97. The van der Waals surface area contributed by atoms with Gasteiger partial charge in [-0.1, -0.05) is 33.1 Å². The van der Waals surface area contributed by atoms with Crippen LogP contribution in [0, 0.1) is 17.8 Å². The van der Waals surface area contributed by atoms with Gasteiger partial charge in [0.15, 0.2) is 0 Å². The highest BCUT2D eigenvalue weighted by molar-refractivity contribution is 7.93. The highest BCUT2D eigenvalue weighted by Crippen LogP contribution is 2.34. The third-order valence-electron chi connectivity index (χ3n) is 3.16. The number of rotatable bonds is 3. The van der Waals surface area contributed by atoms with E-state index in [1.165, 1.54) is 31.3 Å². The zero-order valence-electron chi connectivity index (χ0n) is 8.38. The van der Waals surface area contributed by atoms with Gasteiger partial charge >= 0.3 is 0 Å². The Morgan fingerprint density at radius 3 is 2.33 bits per heavy atom. The maximum absolute atomic E-state index is 5.43. The van der Waals surface area contributed by atoms with Gasteiger partial charge in [0.25, 0.3) is 0 Å². The summed E-state index contributed by atoms with van der Waals surface area (Å²) >= 11 is 1.50. The monoisotopic (exact) mass is 188 g/mol. The molecule has 1 saturated carbocycles. The molecule has 12 heavy (non-hydrogen) atoms. The van der Waals surface area contributed by atoms with Crippen LogP contribution in [0.4, 0.5) is 0 Å². The first-order valence-corrected chi connectivity index (χ1v) is 6.06. The normalized spacial score (nSPS) is 36.8. The van der Waals surface area contributed by atoms with E-state index in [1.54, 1.807) is 0 Å². The first-order valence-electron chi connectivity index (χ1n) is 4.91. The summed E-state index contributed by atoms with van der Waals surface area (Å²) in [6.07, 6.45) is 6.20. The van der Waals surface area contributed by atoms with Gasteiger partial charge in [0.05, 0.1) is 6.61 Å². The standard InChI is InChI=1S/C10H20OS/c1-8-5-4-6-9(2)10(8)7-11-12-3/h8-10H,4-7H2,1-3H3/t8-,9+,10?. The van der Waals surface area contributed by atoms with Crippen LogP contribution in [-0.4, -0.2) is 12.9 Å². The molecule has 0 amide bonds. The lowest BCUT2D eigenvalue weighted by molar-refractivity contribution is 0.122. The molecule has 1 aliphatic rings. The second-order valence-electron chi connectivity index (χ2n) is 4.00. The van der Waals surface area contributed by atoms with E-state index in [9.17, 15) is 0 Å². The van der Waals surface area contributed by atoms with Gasteiger partial charge < -0.3 is 4.18 Å². The molecule has 0 spiro atoms. The van der Waals surface area contributed by atoms with Gasteiger partial charge in [0.1, 0.15) is 0 Å². The van der Waals surface area contributed by atoms with E-state index >= 15 is 0 Å². The maximum atomic E-state index is 5.43. The van der Waals surface area contributed by atoms with E-state index in [2.05, 4.69) is 13.8 Å². The lowest BCUT2D eigenvalue weighted by atomic mass is 9.74. The minimum absolute atomic E-state index is 0.797. The maximum Gasteiger partial charge on any atom is 0.0647 e. The van der Waals surface area contributed by atoms with E-state index < -0.39 is 0 Å². The van der Waals surface area contributed by atoms with E-state index in [-0.39, 0.29) is 0 Å². The molecule has 0 heterocycles. The molecule has 0 aromatic carbocycles. The Morgan fingerprint density at radius 1 is 1.25 bits per heavy atom. The van der Waals surface area contributed by atoms with Crippen LogP contribution in [0.15, 0.2) is 0 Å². The Labute approximate surface area is 80.5 Å². The second kappa shape index (κ2) is 5.13. The molecule has 3 atom stereocenters. The van der Waals surface area contributed by atoms with Crippen molar-refractivity contribution in [3.8, 4) is 0 Å². The Morgan fingerprint density at radius 2 is 1.83 bits per heavy atom. The van der Waals surface area contributed by atoms with Crippen molar-refractivity contribution in [3.63, 3.8) is 0 Å². The summed E-state index contributed by atoms with van der Waals surface area (Å²) in [5.74, 6) is 2.52. The van der Waals surface area contributed by atoms with Crippen molar-refractivity contribution in [1.82, 2.24) is 0 Å². The summed E-state index contributed by atoms with van der Waals surface area (Å²) in [6.45, 7) is 5.68. The second-order valence-corrected chi connectivity index (χ2v) is 4.57. The smallest absolute Gasteiger partial charge is 0.0647 e. The summed E-state index contributed by atoms with van der Waals surface area (Å²) in [6, 6.07) is 0. The first kappa shape index (κ1) is 10.4. The molecule has 1 rings (SSSR count). The van der Waals surface area contributed by atoms with Crippen molar-refractivity contribution in [3.05, 3.63) is 0 Å². The number of hydrogen-bond donors (Lipinski definition) is 0. The summed E-state index contributed by atoms with van der Waals surface area (Å²) in [4.78, 5) is 0. The molecule has 0 N–H and O–H groups in total. The minimum Gasteiger partial charge on any atom is -0.315 e. The minimum atomic E-state index is 0.797. The van der Waals surface area contributed by atoms with E-state index in [0.29, 0.717) is 0 Å². The average molecular weight is 188 g/mol. The highest BCUT2D eigenvalue weighted by Gasteiger charge is 2.27. The van der Waals surface area contributed by atoms with Crippen LogP contribution in [0.1, 0.15) is 33.1 Å². The molecule has 2 heteroatoms. The molecular formula is C10H20OS. The number of hydrogen-bond acceptors (Lipinski definition) is 2. The van der Waals surface area contributed by atoms with Gasteiger partial charge in [0.2, 0.25) is 0 Å². The zero-order valence-corrected chi connectivity index (χ0v) is 9.19. The fraction of sp³-hybridized carbons (Fsp3) is 1.00. The summed E-state index contributed by atoms with van der Waals surface area (Å²) in [5.41, 5.74) is 0. The van der Waals surface area contributed by atoms with Crippen molar-refractivity contribution < 1.29 is 4.18 Å². The van der Waals surface area contributed by atoms with Crippen LogP contribution in [0.3, 0.4) is 0 Å². The third kappa shape index (κ3) is 2.67. The summed E-state index contributed by atoms with van der Waals surface area (Å²) in [7, 11) is 0. The van der Waals surface area contributed by atoms with Crippen molar-refractivity contribution in [2.24, 2.45) is 17.8 Å². The van der Waals surface area contributed by atoms with Gasteiger partial charge in [-0.15, -0.1) is 0 Å². The molecule has 0 aromatic heterocycles. The topological polar surface area (TPSA) is 9.23 Å². The van der Waals surface area contributed by atoms with Gasteiger partial charge in [-0.3, -0.25) is 0 Å². The Kier molecular flexibility index (Phi) is 4.44. The fourth-order valence-electron chi connectivity index (χ4n) is 2.23.